The van der Waals surface area contributed by atoms with Crippen molar-refractivity contribution < 1.29 is 42.6 Å². The highest BCUT2D eigenvalue weighted by Gasteiger charge is 2.23. The second-order valence-corrected chi connectivity index (χ2v) is 11.2. The molecule has 47 heavy (non-hydrogen) atoms. The van der Waals surface area contributed by atoms with Crippen LogP contribution >= 0.6 is 0 Å². The van der Waals surface area contributed by atoms with Crippen LogP contribution in [-0.4, -0.2) is 47.3 Å². The van der Waals surface area contributed by atoms with Gasteiger partial charge in [-0.2, -0.15) is 13.5 Å². The van der Waals surface area contributed by atoms with E-state index in [0.717, 1.165) is 6.07 Å². The zero-order valence-corrected chi connectivity index (χ0v) is 25.0. The van der Waals surface area contributed by atoms with Crippen LogP contribution in [0, 0.1) is 0 Å². The van der Waals surface area contributed by atoms with E-state index in [0.29, 0.717) is 17.1 Å². The number of aromatic hydroxyl groups is 1. The molecule has 0 atom stereocenters. The summed E-state index contributed by atoms with van der Waals surface area (Å²) in [5, 5.41) is 48.9. The van der Waals surface area contributed by atoms with Gasteiger partial charge in [0, 0.05) is 22.8 Å². The van der Waals surface area contributed by atoms with Crippen molar-refractivity contribution in [3.63, 3.8) is 0 Å². The highest BCUT2D eigenvalue weighted by atomic mass is 32.2. The van der Waals surface area contributed by atoms with Crippen molar-refractivity contribution in [3.05, 3.63) is 96.1 Å². The van der Waals surface area contributed by atoms with E-state index in [1.165, 1.54) is 67.8 Å². The highest BCUT2D eigenvalue weighted by Crippen LogP contribution is 2.44. The number of anilines is 3. The Morgan fingerprint density at radius 3 is 1.96 bits per heavy atom. The topological polar surface area (TPSA) is 246 Å². The third-order valence-electron chi connectivity index (χ3n) is 6.72. The van der Waals surface area contributed by atoms with Gasteiger partial charge in [-0.25, -0.2) is 9.59 Å². The van der Waals surface area contributed by atoms with E-state index in [1.54, 1.807) is 18.2 Å². The second kappa shape index (κ2) is 12.9. The van der Waals surface area contributed by atoms with E-state index in [1.807, 2.05) is 0 Å². The number of phenols is 1. The van der Waals surface area contributed by atoms with E-state index < -0.39 is 38.4 Å². The maximum atomic E-state index is 12.3. The number of hydrogen-bond acceptors (Lipinski definition) is 12. The van der Waals surface area contributed by atoms with Crippen molar-refractivity contribution in [3.8, 4) is 11.5 Å². The Labute approximate surface area is 266 Å². The monoisotopic (exact) mass is 656 g/mol. The van der Waals surface area contributed by atoms with Crippen LogP contribution in [0.4, 0.5) is 39.8 Å². The molecule has 0 heterocycles. The minimum atomic E-state index is -4.89. The number of rotatable bonds is 10. The molecule has 15 nitrogen and oxygen atoms in total. The average molecular weight is 657 g/mol. The molecule has 0 aromatic heterocycles. The third kappa shape index (κ3) is 7.14. The first kappa shape index (κ1) is 32.0. The summed E-state index contributed by atoms with van der Waals surface area (Å²) in [5.74, 6) is -2.66. The third-order valence-corrected chi connectivity index (χ3v) is 7.59. The lowest BCUT2D eigenvalue weighted by Crippen LogP contribution is -1.99. The van der Waals surface area contributed by atoms with Gasteiger partial charge in [0.15, 0.2) is 5.75 Å². The summed E-state index contributed by atoms with van der Waals surface area (Å²) in [6.07, 6.45) is 0. The predicted molar refractivity (Wildman–Crippen MR) is 171 cm³/mol. The number of nitrogens with two attached hydrogens (primary N) is 1. The zero-order valence-electron chi connectivity index (χ0n) is 24.2. The Morgan fingerprint density at radius 1 is 0.766 bits per heavy atom. The molecule has 0 fully saturated rings. The normalized spacial score (nSPS) is 11.7. The summed E-state index contributed by atoms with van der Waals surface area (Å²) in [5.41, 5.74) is 7.41. The zero-order chi connectivity index (χ0) is 33.9. The van der Waals surface area contributed by atoms with Gasteiger partial charge in [0.2, 0.25) is 0 Å². The van der Waals surface area contributed by atoms with Gasteiger partial charge in [0.05, 0.1) is 29.6 Å². The number of nitrogens with one attached hydrogen (secondary N) is 1. The van der Waals surface area contributed by atoms with Crippen molar-refractivity contribution >= 4 is 72.6 Å². The average Bonchev–Trinajstić information content (AvgIpc) is 3.04. The second-order valence-electron chi connectivity index (χ2n) is 9.83. The number of benzene rings is 5. The van der Waals surface area contributed by atoms with E-state index >= 15 is 0 Å². The van der Waals surface area contributed by atoms with Gasteiger partial charge in [-0.3, -0.25) is 4.55 Å². The Kier molecular flexibility index (Phi) is 8.80. The van der Waals surface area contributed by atoms with E-state index in [4.69, 9.17) is 20.7 Å². The molecule has 5 rings (SSSR count). The Bertz CT molecular complexity index is 2200. The number of carboxylic acid groups (broad SMARTS) is 2. The van der Waals surface area contributed by atoms with Crippen molar-refractivity contribution in [1.82, 2.24) is 0 Å². The summed E-state index contributed by atoms with van der Waals surface area (Å²) < 4.78 is 39.9. The molecular weight excluding hydrogens is 632 g/mol. The predicted octanol–water partition coefficient (Wildman–Crippen LogP) is 7.35. The van der Waals surface area contributed by atoms with E-state index in [9.17, 15) is 27.7 Å². The highest BCUT2D eigenvalue weighted by molar-refractivity contribution is 7.86. The molecule has 0 unspecified atom stereocenters. The van der Waals surface area contributed by atoms with Crippen molar-refractivity contribution in [1.29, 1.82) is 0 Å². The molecule has 5 aromatic carbocycles. The molecule has 0 aliphatic carbocycles. The first-order valence-corrected chi connectivity index (χ1v) is 14.8. The summed E-state index contributed by atoms with van der Waals surface area (Å²) in [6.45, 7) is 0. The van der Waals surface area contributed by atoms with Crippen molar-refractivity contribution in [2.75, 3.05) is 18.2 Å². The molecule has 0 bridgehead atoms. The number of ether oxygens (including phenoxy) is 1. The minimum Gasteiger partial charge on any atom is -0.505 e. The number of fused-ring (bicyclic) bond motifs is 1. The number of nitrogens with zero attached hydrogens (tertiary/aromatic N) is 4. The van der Waals surface area contributed by atoms with Crippen LogP contribution in [0.2, 0.25) is 0 Å². The lowest BCUT2D eigenvalue weighted by molar-refractivity contribution is 0.0686. The number of carboxylic acids is 2. The molecule has 0 saturated heterocycles. The number of methoxy groups -OCH3 is 1. The van der Waals surface area contributed by atoms with Crippen LogP contribution in [0.5, 0.6) is 11.5 Å². The molecule has 0 spiro atoms. The van der Waals surface area contributed by atoms with Crippen LogP contribution in [0.25, 0.3) is 10.8 Å². The molecule has 0 saturated carbocycles. The molecule has 0 aliphatic rings. The SMILES string of the molecule is COc1cc(N=Nc2ccc(C(=O)O)cc2)c(N)cc1N=Nc1c(S(=O)(=O)O)cc2ccc(Nc3ccc(C(=O)O)cc3)cc2c1O. The van der Waals surface area contributed by atoms with Gasteiger partial charge >= 0.3 is 11.9 Å². The Hall–Kier alpha value is -6.39. The van der Waals surface area contributed by atoms with Crippen LogP contribution < -0.4 is 15.8 Å². The van der Waals surface area contributed by atoms with Gasteiger partial charge < -0.3 is 31.1 Å². The van der Waals surface area contributed by atoms with Gasteiger partial charge in [-0.1, -0.05) is 6.07 Å². The Morgan fingerprint density at radius 2 is 1.36 bits per heavy atom. The number of carbonyl (C=O) groups is 2. The van der Waals surface area contributed by atoms with Gasteiger partial charge in [0.25, 0.3) is 10.1 Å². The molecule has 16 heteroatoms. The molecule has 0 amide bonds. The fraction of sp³-hybridized carbons (Fsp3) is 0.0323. The molecule has 238 valence electrons. The van der Waals surface area contributed by atoms with E-state index in [-0.39, 0.29) is 44.7 Å². The number of phenolic OH excluding ortho intramolecular Hbond substituents is 1. The minimum absolute atomic E-state index is 0.0239. The fourth-order valence-corrected chi connectivity index (χ4v) is 5.02. The summed E-state index contributed by atoms with van der Waals surface area (Å²) in [6, 6.07) is 20.1. The van der Waals surface area contributed by atoms with Gasteiger partial charge in [-0.15, -0.1) is 15.3 Å². The van der Waals surface area contributed by atoms with Crippen LogP contribution in [-0.2, 0) is 10.1 Å². The molecule has 0 radical (unpaired) electrons. The standard InChI is InChI=1S/C31H24N6O9S/c1-46-26-15-24(35-34-20-9-4-17(5-10-20)31(41)42)23(32)14-25(26)36-37-28-27(47(43,44)45)12-18-6-11-21(13-22(18)29(28)38)33-19-7-2-16(3-8-19)30(39)40/h2-15,33,38H,32H2,1H3,(H,39,40)(H,41,42)(H,43,44,45). The number of hydrogen-bond donors (Lipinski definition) is 6. The maximum Gasteiger partial charge on any atom is 0.335 e. The molecule has 5 aromatic rings. The van der Waals surface area contributed by atoms with Crippen molar-refractivity contribution in [2.45, 2.75) is 4.90 Å². The smallest absolute Gasteiger partial charge is 0.335 e. The number of nitrogen functional groups attached to an aromatic ring is 1. The number of azo groups is 2. The van der Waals surface area contributed by atoms with Gasteiger partial charge in [-0.05, 0) is 78.2 Å². The van der Waals surface area contributed by atoms with E-state index in [2.05, 4.69) is 25.8 Å². The summed E-state index contributed by atoms with van der Waals surface area (Å²) in [7, 11) is -3.56. The summed E-state index contributed by atoms with van der Waals surface area (Å²) >= 11 is 0. The Balaban J connectivity index is 1.50. The lowest BCUT2D eigenvalue weighted by atomic mass is 10.1. The summed E-state index contributed by atoms with van der Waals surface area (Å²) in [4.78, 5) is 21.5. The molecule has 7 N–H and O–H groups in total. The quantitative estimate of drug-likeness (QED) is 0.0492. The largest absolute Gasteiger partial charge is 0.505 e. The van der Waals surface area contributed by atoms with Gasteiger partial charge in [0.1, 0.15) is 27.7 Å². The number of aromatic carboxylic acids is 2. The maximum absolute atomic E-state index is 12.3. The van der Waals surface area contributed by atoms with Crippen LogP contribution in [0.3, 0.4) is 0 Å². The first-order chi connectivity index (χ1) is 22.3. The molecular formula is C31H24N6O9S. The lowest BCUT2D eigenvalue weighted by Gasteiger charge is -2.12. The van der Waals surface area contributed by atoms with Crippen LogP contribution in [0.1, 0.15) is 20.7 Å². The molecule has 0 aliphatic heterocycles. The van der Waals surface area contributed by atoms with Crippen LogP contribution in [0.15, 0.2) is 110 Å². The fourth-order valence-electron chi connectivity index (χ4n) is 4.36. The first-order valence-electron chi connectivity index (χ1n) is 13.4. The van der Waals surface area contributed by atoms with Crippen molar-refractivity contribution in [2.24, 2.45) is 20.5 Å².